The van der Waals surface area contributed by atoms with E-state index in [2.05, 4.69) is 15.3 Å². The number of benzene rings is 1. The van der Waals surface area contributed by atoms with E-state index in [0.717, 1.165) is 16.9 Å². The van der Waals surface area contributed by atoms with Crippen molar-refractivity contribution < 1.29 is 40.6 Å². The van der Waals surface area contributed by atoms with Gasteiger partial charge in [-0.3, -0.25) is 9.59 Å². The molecule has 2 amide bonds. The third kappa shape index (κ3) is 5.47. The van der Waals surface area contributed by atoms with Crippen molar-refractivity contribution in [3.8, 4) is 5.75 Å². The van der Waals surface area contributed by atoms with Crippen LogP contribution in [-0.2, 0) is 29.2 Å². The summed E-state index contributed by atoms with van der Waals surface area (Å²) in [6.07, 6.45) is 0. The number of hydrogen-bond donors (Lipinski definition) is 3. The Bertz CT molecular complexity index is 1280. The average Bonchev–Trinajstić information content (AvgIpc) is 3.16. The molecular formula is C22H28BrClN8O4. The van der Waals surface area contributed by atoms with Gasteiger partial charge in [0.25, 0.3) is 17.6 Å². The van der Waals surface area contributed by atoms with Crippen molar-refractivity contribution in [3.63, 3.8) is 0 Å². The van der Waals surface area contributed by atoms with Gasteiger partial charge in [-0.25, -0.2) is 19.1 Å². The Morgan fingerprint density at radius 2 is 1.94 bits per heavy atom. The van der Waals surface area contributed by atoms with Gasteiger partial charge in [-0.05, 0) is 19.1 Å². The third-order valence-corrected chi connectivity index (χ3v) is 6.17. The number of ether oxygens (including phenoxy) is 2. The standard InChI is InChI=1S/C22H27ClN8O4.BrH/c1-3-30-15-10-13(34-2)4-5-14(15)31(12-17(32)29-6-8-35-9-7-29)16(30)11-26-22(33)18-20(24)28-21(25)19(23)27-18;/h4-5,10H,3,6-9,11-12H2,1-2H3,(H4-,24,25,26,28,33);1H. The van der Waals surface area contributed by atoms with Gasteiger partial charge in [0.2, 0.25) is 0 Å². The van der Waals surface area contributed by atoms with Gasteiger partial charge in [0, 0.05) is 19.2 Å². The van der Waals surface area contributed by atoms with Crippen LogP contribution in [0, 0.1) is 0 Å². The Balaban J connectivity index is 0.00000361. The number of nitrogens with zero attached hydrogens (tertiary/aromatic N) is 5. The molecule has 0 unspecified atom stereocenters. The maximum atomic E-state index is 13.1. The highest BCUT2D eigenvalue weighted by molar-refractivity contribution is 6.31. The number of nitrogens with one attached hydrogen (secondary N) is 1. The number of anilines is 2. The third-order valence-electron chi connectivity index (χ3n) is 5.89. The van der Waals surface area contributed by atoms with Crippen LogP contribution in [0.3, 0.4) is 0 Å². The number of amides is 2. The molecule has 0 aliphatic carbocycles. The number of imidazole rings is 1. The first-order valence-corrected chi connectivity index (χ1v) is 11.5. The number of aryl methyl sites for hydroxylation is 1. The second kappa shape index (κ2) is 11.7. The van der Waals surface area contributed by atoms with Crippen molar-refractivity contribution in [1.82, 2.24) is 24.8 Å². The maximum absolute atomic E-state index is 13.1. The van der Waals surface area contributed by atoms with Crippen molar-refractivity contribution in [2.45, 2.75) is 26.6 Å². The van der Waals surface area contributed by atoms with E-state index in [0.29, 0.717) is 38.6 Å². The quantitative estimate of drug-likeness (QED) is 0.255. The lowest BCUT2D eigenvalue weighted by atomic mass is 10.3. The minimum absolute atomic E-state index is 0. The molecule has 3 aromatic rings. The molecule has 36 heavy (non-hydrogen) atoms. The molecule has 1 aromatic carbocycles. The van der Waals surface area contributed by atoms with Crippen molar-refractivity contribution in [3.05, 3.63) is 34.9 Å². The van der Waals surface area contributed by atoms with E-state index in [-0.39, 0.29) is 58.5 Å². The van der Waals surface area contributed by atoms with Gasteiger partial charge in [-0.2, -0.15) is 0 Å². The molecule has 2 aromatic heterocycles. The van der Waals surface area contributed by atoms with Gasteiger partial charge in [-0.1, -0.05) is 11.6 Å². The molecule has 4 rings (SSSR count). The predicted octanol–water partition coefficient (Wildman–Crippen LogP) is -2.64. The lowest BCUT2D eigenvalue weighted by Crippen LogP contribution is -3.00. The normalized spacial score (nSPS) is 13.4. The van der Waals surface area contributed by atoms with E-state index in [1.807, 2.05) is 34.3 Å². The minimum atomic E-state index is -0.562. The molecule has 1 saturated heterocycles. The maximum Gasteiger partial charge on any atom is 0.277 e. The summed E-state index contributed by atoms with van der Waals surface area (Å²) in [5.74, 6) is 0.636. The fourth-order valence-electron chi connectivity index (χ4n) is 4.12. The molecule has 12 nitrogen and oxygen atoms in total. The number of fused-ring (bicyclic) bond motifs is 1. The van der Waals surface area contributed by atoms with Gasteiger partial charge in [0.1, 0.15) is 12.3 Å². The van der Waals surface area contributed by atoms with Crippen LogP contribution in [0.25, 0.3) is 11.0 Å². The molecule has 0 spiro atoms. The van der Waals surface area contributed by atoms with Crippen LogP contribution in [-0.4, -0.2) is 64.7 Å². The number of halogens is 2. The lowest BCUT2D eigenvalue weighted by molar-refractivity contribution is -0.668. The number of methoxy groups -OCH3 is 1. The zero-order valence-electron chi connectivity index (χ0n) is 20.0. The second-order valence-electron chi connectivity index (χ2n) is 7.91. The predicted molar refractivity (Wildman–Crippen MR) is 129 cm³/mol. The monoisotopic (exact) mass is 582 g/mol. The zero-order chi connectivity index (χ0) is 25.1. The Morgan fingerprint density at radius 3 is 2.61 bits per heavy atom. The van der Waals surface area contributed by atoms with Crippen LogP contribution in [0.2, 0.25) is 5.15 Å². The summed E-state index contributed by atoms with van der Waals surface area (Å²) in [4.78, 5) is 35.6. The number of carbonyl (C=O) groups is 2. The Hall–Kier alpha value is -3.16. The SMILES string of the molecule is CCn1c(CNC(=O)c2nc(Cl)c(N)nc2N)[n+](CC(=O)N2CCOCC2)c2ccc(OC)cc21.[Br-]. The van der Waals surface area contributed by atoms with Crippen molar-refractivity contribution in [2.75, 3.05) is 44.9 Å². The zero-order valence-corrected chi connectivity index (χ0v) is 22.3. The number of carbonyl (C=O) groups excluding carboxylic acids is 2. The second-order valence-corrected chi connectivity index (χ2v) is 8.27. The molecule has 1 aliphatic heterocycles. The van der Waals surface area contributed by atoms with Gasteiger partial charge >= 0.3 is 0 Å². The molecule has 0 bridgehead atoms. The van der Waals surface area contributed by atoms with Gasteiger partial charge in [-0.15, -0.1) is 0 Å². The van der Waals surface area contributed by atoms with Gasteiger partial charge in [0.05, 0.1) is 26.9 Å². The largest absolute Gasteiger partial charge is 1.00 e. The number of hydrogen-bond acceptors (Lipinski definition) is 8. The van der Waals surface area contributed by atoms with E-state index in [4.69, 9.17) is 32.5 Å². The summed E-state index contributed by atoms with van der Waals surface area (Å²) in [6.45, 7) is 4.91. The summed E-state index contributed by atoms with van der Waals surface area (Å²) in [6, 6.07) is 5.65. The summed E-state index contributed by atoms with van der Waals surface area (Å²) in [7, 11) is 1.60. The molecule has 14 heteroatoms. The molecular weight excluding hydrogens is 556 g/mol. The number of nitrogen functional groups attached to an aromatic ring is 2. The molecule has 1 aliphatic rings. The first-order valence-electron chi connectivity index (χ1n) is 11.1. The smallest absolute Gasteiger partial charge is 0.277 e. The van der Waals surface area contributed by atoms with Crippen LogP contribution in [0.5, 0.6) is 5.75 Å². The van der Waals surface area contributed by atoms with Crippen molar-refractivity contribution in [2.24, 2.45) is 0 Å². The molecule has 5 N–H and O–H groups in total. The average molecular weight is 584 g/mol. The number of aromatic nitrogens is 4. The van der Waals surface area contributed by atoms with Crippen LogP contribution < -0.4 is 43.1 Å². The van der Waals surface area contributed by atoms with E-state index < -0.39 is 5.91 Å². The topological polar surface area (TPSA) is 154 Å². The van der Waals surface area contributed by atoms with Crippen LogP contribution in [0.4, 0.5) is 11.6 Å². The van der Waals surface area contributed by atoms with E-state index in [1.165, 1.54) is 0 Å². The highest BCUT2D eigenvalue weighted by Gasteiger charge is 2.29. The van der Waals surface area contributed by atoms with Crippen molar-refractivity contribution in [1.29, 1.82) is 0 Å². The van der Waals surface area contributed by atoms with Crippen LogP contribution >= 0.6 is 11.6 Å². The molecule has 3 heterocycles. The van der Waals surface area contributed by atoms with Crippen LogP contribution in [0.1, 0.15) is 23.2 Å². The summed E-state index contributed by atoms with van der Waals surface area (Å²) in [5.41, 5.74) is 13.0. The summed E-state index contributed by atoms with van der Waals surface area (Å²) < 4.78 is 14.7. The Morgan fingerprint density at radius 1 is 1.22 bits per heavy atom. The Kier molecular flexibility index (Phi) is 8.93. The summed E-state index contributed by atoms with van der Waals surface area (Å²) >= 11 is 5.93. The summed E-state index contributed by atoms with van der Waals surface area (Å²) in [5, 5.41) is 2.72. The van der Waals surface area contributed by atoms with Crippen molar-refractivity contribution >= 4 is 46.1 Å². The highest BCUT2D eigenvalue weighted by Crippen LogP contribution is 2.22. The first-order chi connectivity index (χ1) is 16.8. The fraction of sp³-hybridized carbons (Fsp3) is 0.409. The molecule has 0 saturated carbocycles. The van der Waals surface area contributed by atoms with Gasteiger partial charge < -0.3 is 48.1 Å². The number of nitrogens with two attached hydrogens (primary N) is 2. The molecule has 1 fully saturated rings. The van der Waals surface area contributed by atoms with Crippen LogP contribution in [0.15, 0.2) is 18.2 Å². The van der Waals surface area contributed by atoms with Gasteiger partial charge in [0.15, 0.2) is 40.1 Å². The first kappa shape index (κ1) is 27.4. The lowest BCUT2D eigenvalue weighted by Gasteiger charge is -2.26. The number of rotatable bonds is 7. The fourth-order valence-corrected chi connectivity index (χ4v) is 4.25. The number of morpholine rings is 1. The minimum Gasteiger partial charge on any atom is -1.00 e. The molecule has 0 atom stereocenters. The van der Waals surface area contributed by atoms with E-state index in [1.54, 1.807) is 12.0 Å². The van der Waals surface area contributed by atoms with E-state index >= 15 is 0 Å². The molecule has 0 radical (unpaired) electrons. The molecule has 194 valence electrons. The Labute approximate surface area is 223 Å². The van der Waals surface area contributed by atoms with E-state index in [9.17, 15) is 9.59 Å². The highest BCUT2D eigenvalue weighted by atomic mass is 79.9.